The van der Waals surface area contributed by atoms with Gasteiger partial charge < -0.3 is 20.1 Å². The molecule has 146 valence electrons. The van der Waals surface area contributed by atoms with Crippen molar-refractivity contribution >= 4 is 23.4 Å². The van der Waals surface area contributed by atoms with Gasteiger partial charge in [-0.3, -0.25) is 4.79 Å². The van der Waals surface area contributed by atoms with Gasteiger partial charge in [-0.1, -0.05) is 41.9 Å². The highest BCUT2D eigenvalue weighted by atomic mass is 35.5. The van der Waals surface area contributed by atoms with Crippen molar-refractivity contribution in [1.82, 2.24) is 10.6 Å². The van der Waals surface area contributed by atoms with Crippen LogP contribution in [0.5, 0.6) is 11.5 Å². The van der Waals surface area contributed by atoms with Gasteiger partial charge in [-0.2, -0.15) is 0 Å². The first-order valence-corrected chi connectivity index (χ1v) is 9.12. The minimum atomic E-state index is -0.704. The van der Waals surface area contributed by atoms with E-state index in [0.717, 1.165) is 5.56 Å². The van der Waals surface area contributed by atoms with Crippen LogP contribution < -0.4 is 20.1 Å². The van der Waals surface area contributed by atoms with E-state index in [1.807, 2.05) is 30.3 Å². The number of halogens is 1. The Balaban J connectivity index is 2.08. The van der Waals surface area contributed by atoms with E-state index in [4.69, 9.17) is 21.1 Å². The number of rotatable bonds is 6. The Hall–Kier alpha value is -2.99. The molecule has 0 unspecified atom stereocenters. The molecule has 0 saturated carbocycles. The Kier molecular flexibility index (Phi) is 5.90. The number of carbonyl (C=O) groups excluding carboxylic acids is 2. The molecule has 0 radical (unpaired) electrons. The standard InChI is InChI=1S/C21H21ClN2O4/c1-12-18(13(2)25)19(24-21(26)23-12)16-9-15(22)10-17(27-3)20(16)28-11-14-7-5-4-6-8-14/h4-10,19H,11H2,1-3H3,(H2,23,24,26)/t19-/m0/s1. The summed E-state index contributed by atoms with van der Waals surface area (Å²) in [7, 11) is 1.51. The van der Waals surface area contributed by atoms with Crippen LogP contribution >= 0.6 is 11.6 Å². The lowest BCUT2D eigenvalue weighted by molar-refractivity contribution is -0.114. The fraction of sp³-hybridized carbons (Fsp3) is 0.238. The van der Waals surface area contributed by atoms with Crippen molar-refractivity contribution in [3.05, 3.63) is 69.9 Å². The molecule has 0 bridgehead atoms. The molecule has 6 nitrogen and oxygen atoms in total. The van der Waals surface area contributed by atoms with Crippen molar-refractivity contribution in [2.24, 2.45) is 0 Å². The molecule has 1 heterocycles. The van der Waals surface area contributed by atoms with E-state index in [-0.39, 0.29) is 5.78 Å². The lowest BCUT2D eigenvalue weighted by Gasteiger charge is -2.30. The third-order valence-corrected chi connectivity index (χ3v) is 4.67. The highest BCUT2D eigenvalue weighted by Gasteiger charge is 2.32. The predicted octanol–water partition coefficient (Wildman–Crippen LogP) is 4.14. The van der Waals surface area contributed by atoms with Crippen LogP contribution in [0.15, 0.2) is 53.7 Å². The van der Waals surface area contributed by atoms with Crippen LogP contribution in [0.3, 0.4) is 0 Å². The first kappa shape index (κ1) is 19.8. The molecule has 7 heteroatoms. The third kappa shape index (κ3) is 4.12. The van der Waals surface area contributed by atoms with E-state index in [1.54, 1.807) is 19.1 Å². The largest absolute Gasteiger partial charge is 0.493 e. The predicted molar refractivity (Wildman–Crippen MR) is 107 cm³/mol. The van der Waals surface area contributed by atoms with Gasteiger partial charge >= 0.3 is 6.03 Å². The molecule has 0 aliphatic carbocycles. The maximum atomic E-state index is 12.3. The van der Waals surface area contributed by atoms with Crippen LogP contribution in [0, 0.1) is 0 Å². The Morgan fingerprint density at radius 3 is 2.57 bits per heavy atom. The summed E-state index contributed by atoms with van der Waals surface area (Å²) in [6.45, 7) is 3.44. The highest BCUT2D eigenvalue weighted by molar-refractivity contribution is 6.30. The van der Waals surface area contributed by atoms with E-state index in [1.165, 1.54) is 14.0 Å². The highest BCUT2D eigenvalue weighted by Crippen LogP contribution is 2.41. The number of ketones is 1. The van der Waals surface area contributed by atoms with Crippen molar-refractivity contribution in [1.29, 1.82) is 0 Å². The summed E-state index contributed by atoms with van der Waals surface area (Å²) in [5.74, 6) is 0.684. The lowest BCUT2D eigenvalue weighted by Crippen LogP contribution is -2.44. The smallest absolute Gasteiger partial charge is 0.319 e. The SMILES string of the molecule is COc1cc(Cl)cc([C@@H]2NC(=O)NC(C)=C2C(C)=O)c1OCc1ccccc1. The minimum Gasteiger partial charge on any atom is -0.493 e. The van der Waals surface area contributed by atoms with Crippen LogP contribution in [0.2, 0.25) is 5.02 Å². The topological polar surface area (TPSA) is 76.7 Å². The normalized spacial score (nSPS) is 16.3. The Labute approximate surface area is 168 Å². The summed E-state index contributed by atoms with van der Waals surface area (Å²) >= 11 is 6.27. The zero-order chi connectivity index (χ0) is 20.3. The fourth-order valence-corrected chi connectivity index (χ4v) is 3.45. The van der Waals surface area contributed by atoms with Crippen LogP contribution in [0.4, 0.5) is 4.79 Å². The van der Waals surface area contributed by atoms with Gasteiger partial charge in [-0.25, -0.2) is 4.79 Å². The van der Waals surface area contributed by atoms with Crippen LogP contribution in [0.1, 0.15) is 31.0 Å². The summed E-state index contributed by atoms with van der Waals surface area (Å²) in [5, 5.41) is 5.83. The average Bonchev–Trinajstić information content (AvgIpc) is 2.66. The van der Waals surface area contributed by atoms with E-state index in [9.17, 15) is 9.59 Å². The number of benzene rings is 2. The molecule has 0 fully saturated rings. The lowest BCUT2D eigenvalue weighted by atomic mass is 9.92. The number of hydrogen-bond donors (Lipinski definition) is 2. The molecule has 28 heavy (non-hydrogen) atoms. The molecule has 2 amide bonds. The monoisotopic (exact) mass is 400 g/mol. The van der Waals surface area contributed by atoms with Crippen LogP contribution in [-0.4, -0.2) is 18.9 Å². The first-order chi connectivity index (χ1) is 13.4. The molecular formula is C21H21ClN2O4. The van der Waals surface area contributed by atoms with Crippen LogP contribution in [-0.2, 0) is 11.4 Å². The zero-order valence-corrected chi connectivity index (χ0v) is 16.6. The van der Waals surface area contributed by atoms with Crippen LogP contribution in [0.25, 0.3) is 0 Å². The van der Waals surface area contributed by atoms with Gasteiger partial charge in [0.05, 0.1) is 13.2 Å². The Morgan fingerprint density at radius 1 is 1.21 bits per heavy atom. The van der Waals surface area contributed by atoms with Crippen molar-refractivity contribution < 1.29 is 19.1 Å². The maximum Gasteiger partial charge on any atom is 0.319 e. The Morgan fingerprint density at radius 2 is 1.93 bits per heavy atom. The van der Waals surface area contributed by atoms with Crippen molar-refractivity contribution in [3.63, 3.8) is 0 Å². The van der Waals surface area contributed by atoms with E-state index < -0.39 is 12.1 Å². The molecule has 1 aliphatic rings. The number of carbonyl (C=O) groups is 2. The summed E-state index contributed by atoms with van der Waals surface area (Å²) < 4.78 is 11.5. The molecule has 2 aromatic rings. The number of allylic oxidation sites excluding steroid dienone is 1. The van der Waals surface area contributed by atoms with Gasteiger partial charge in [0.1, 0.15) is 6.61 Å². The van der Waals surface area contributed by atoms with E-state index >= 15 is 0 Å². The number of nitrogens with one attached hydrogen (secondary N) is 2. The quantitative estimate of drug-likeness (QED) is 0.763. The van der Waals surface area contributed by atoms with Gasteiger partial charge in [0.2, 0.25) is 0 Å². The summed E-state index contributed by atoms with van der Waals surface area (Å²) in [5.41, 5.74) is 2.46. The van der Waals surface area contributed by atoms with Gasteiger partial charge in [0.25, 0.3) is 0 Å². The Bertz CT molecular complexity index is 941. The summed E-state index contributed by atoms with van der Waals surface area (Å²) in [6.07, 6.45) is 0. The van der Waals surface area contributed by atoms with Crippen molar-refractivity contribution in [2.75, 3.05) is 7.11 Å². The second-order valence-electron chi connectivity index (χ2n) is 6.43. The van der Waals surface area contributed by atoms with Gasteiger partial charge in [0.15, 0.2) is 17.3 Å². The molecule has 0 spiro atoms. The molecule has 3 rings (SSSR count). The number of Topliss-reactive ketones (excluding diaryl/α,β-unsaturated/α-hetero) is 1. The number of methoxy groups -OCH3 is 1. The van der Waals surface area contributed by atoms with E-state index in [2.05, 4.69) is 10.6 Å². The number of ether oxygens (including phenoxy) is 2. The molecule has 0 saturated heterocycles. The molecule has 0 aromatic heterocycles. The fourth-order valence-electron chi connectivity index (χ4n) is 3.23. The van der Waals surface area contributed by atoms with Crippen molar-refractivity contribution in [2.45, 2.75) is 26.5 Å². The van der Waals surface area contributed by atoms with Gasteiger partial charge in [-0.05, 0) is 25.5 Å². The zero-order valence-electron chi connectivity index (χ0n) is 15.8. The number of amides is 2. The molecule has 1 aliphatic heterocycles. The first-order valence-electron chi connectivity index (χ1n) is 8.74. The number of hydrogen-bond acceptors (Lipinski definition) is 4. The average molecular weight is 401 g/mol. The van der Waals surface area contributed by atoms with E-state index in [0.29, 0.717) is 40.0 Å². The van der Waals surface area contributed by atoms with Crippen molar-refractivity contribution in [3.8, 4) is 11.5 Å². The summed E-state index contributed by atoms with van der Waals surface area (Å²) in [6, 6.07) is 11.9. The molecular weight excluding hydrogens is 380 g/mol. The molecule has 2 aromatic carbocycles. The third-order valence-electron chi connectivity index (χ3n) is 4.45. The number of urea groups is 1. The van der Waals surface area contributed by atoms with Gasteiger partial charge in [0, 0.05) is 27.9 Å². The minimum absolute atomic E-state index is 0.164. The molecule has 1 atom stereocenters. The maximum absolute atomic E-state index is 12.3. The van der Waals surface area contributed by atoms with Gasteiger partial charge in [-0.15, -0.1) is 0 Å². The summed E-state index contributed by atoms with van der Waals surface area (Å²) in [4.78, 5) is 24.4. The second kappa shape index (κ2) is 8.35. The molecule has 2 N–H and O–H groups in total. The second-order valence-corrected chi connectivity index (χ2v) is 6.86.